The zero-order valence-corrected chi connectivity index (χ0v) is 12.3. The fourth-order valence-electron chi connectivity index (χ4n) is 2.27. The minimum absolute atomic E-state index is 0.249. The highest BCUT2D eigenvalue weighted by Gasteiger charge is 2.20. The molecule has 0 atom stereocenters. The predicted octanol–water partition coefficient (Wildman–Crippen LogP) is 0.835. The fraction of sp³-hybridized carbons (Fsp3) is 0.692. The average Bonchev–Trinajstić information content (AvgIpc) is 2.82. The molecule has 1 fully saturated rings. The Balaban J connectivity index is 1.74. The van der Waals surface area contributed by atoms with Gasteiger partial charge in [-0.2, -0.15) is 0 Å². The van der Waals surface area contributed by atoms with Crippen LogP contribution < -0.4 is 5.73 Å². The Hall–Kier alpha value is -0.980. The van der Waals surface area contributed by atoms with E-state index in [1.165, 1.54) is 4.88 Å². The highest BCUT2D eigenvalue weighted by Crippen LogP contribution is 2.15. The first-order valence-electron chi connectivity index (χ1n) is 6.80. The van der Waals surface area contributed by atoms with E-state index < -0.39 is 0 Å². The molecule has 2 rings (SSSR count). The van der Waals surface area contributed by atoms with Gasteiger partial charge in [-0.05, 0) is 19.9 Å². The highest BCUT2D eigenvalue weighted by molar-refractivity contribution is 7.11. The van der Waals surface area contributed by atoms with Gasteiger partial charge in [0.05, 0.1) is 5.01 Å². The molecule has 6 heteroatoms. The van der Waals surface area contributed by atoms with Gasteiger partial charge in [-0.25, -0.2) is 4.98 Å². The summed E-state index contributed by atoms with van der Waals surface area (Å²) in [6.45, 7) is 7.15. The lowest BCUT2D eigenvalue weighted by Crippen LogP contribution is -2.48. The number of hydrogen-bond acceptors (Lipinski definition) is 5. The van der Waals surface area contributed by atoms with E-state index in [0.717, 1.165) is 44.2 Å². The number of carbonyl (C=O) groups excluding carboxylic acids is 1. The smallest absolute Gasteiger partial charge is 0.222 e. The van der Waals surface area contributed by atoms with Crippen molar-refractivity contribution in [3.05, 3.63) is 16.1 Å². The van der Waals surface area contributed by atoms with Crippen LogP contribution in [0.25, 0.3) is 0 Å². The van der Waals surface area contributed by atoms with Crippen molar-refractivity contribution in [1.29, 1.82) is 0 Å². The number of carbonyl (C=O) groups is 1. The van der Waals surface area contributed by atoms with Crippen LogP contribution in [0.2, 0.25) is 0 Å². The van der Waals surface area contributed by atoms with E-state index in [1.54, 1.807) is 11.3 Å². The second-order valence-electron chi connectivity index (χ2n) is 4.89. The molecule has 5 nitrogen and oxygen atoms in total. The molecule has 0 radical (unpaired) electrons. The van der Waals surface area contributed by atoms with Crippen LogP contribution in [-0.2, 0) is 11.3 Å². The number of piperazine rings is 1. The van der Waals surface area contributed by atoms with Crippen molar-refractivity contribution in [3.63, 3.8) is 0 Å². The number of hydrogen-bond donors (Lipinski definition) is 1. The molecule has 1 saturated heterocycles. The SMILES string of the molecule is Cc1ncc(CN2CCN(C(=O)CCCN)CC2)s1. The van der Waals surface area contributed by atoms with Crippen LogP contribution in [0, 0.1) is 6.92 Å². The number of aromatic nitrogens is 1. The Kier molecular flexibility index (Phi) is 5.30. The predicted molar refractivity (Wildman–Crippen MR) is 77.0 cm³/mol. The number of amides is 1. The Labute approximate surface area is 118 Å². The molecule has 0 bridgehead atoms. The van der Waals surface area contributed by atoms with E-state index in [-0.39, 0.29) is 5.91 Å². The summed E-state index contributed by atoms with van der Waals surface area (Å²) in [6.07, 6.45) is 3.34. The van der Waals surface area contributed by atoms with E-state index >= 15 is 0 Å². The summed E-state index contributed by atoms with van der Waals surface area (Å²) in [5, 5.41) is 1.12. The van der Waals surface area contributed by atoms with Crippen LogP contribution in [-0.4, -0.2) is 53.4 Å². The van der Waals surface area contributed by atoms with Crippen molar-refractivity contribution in [1.82, 2.24) is 14.8 Å². The Morgan fingerprint density at radius 2 is 2.16 bits per heavy atom. The topological polar surface area (TPSA) is 62.5 Å². The molecule has 0 aliphatic carbocycles. The third-order valence-corrected chi connectivity index (χ3v) is 4.27. The Morgan fingerprint density at radius 3 is 2.74 bits per heavy atom. The van der Waals surface area contributed by atoms with E-state index in [9.17, 15) is 4.79 Å². The van der Waals surface area contributed by atoms with Crippen molar-refractivity contribution in [2.24, 2.45) is 5.73 Å². The Morgan fingerprint density at radius 1 is 1.42 bits per heavy atom. The van der Waals surface area contributed by atoms with Crippen molar-refractivity contribution >= 4 is 17.2 Å². The first-order chi connectivity index (χ1) is 9.19. The maximum Gasteiger partial charge on any atom is 0.222 e. The number of aryl methyl sites for hydroxylation is 1. The molecule has 0 spiro atoms. The lowest BCUT2D eigenvalue weighted by molar-refractivity contribution is -0.133. The second-order valence-corrected chi connectivity index (χ2v) is 6.21. The van der Waals surface area contributed by atoms with Gasteiger partial charge in [0.25, 0.3) is 0 Å². The number of thiazole rings is 1. The summed E-state index contributed by atoms with van der Waals surface area (Å²) in [5.74, 6) is 0.249. The lowest BCUT2D eigenvalue weighted by atomic mass is 10.2. The molecule has 1 aliphatic rings. The van der Waals surface area contributed by atoms with Crippen LogP contribution in [0.4, 0.5) is 0 Å². The van der Waals surface area contributed by atoms with Crippen LogP contribution in [0.1, 0.15) is 22.7 Å². The van der Waals surface area contributed by atoms with Gasteiger partial charge < -0.3 is 10.6 Å². The van der Waals surface area contributed by atoms with Crippen LogP contribution in [0.5, 0.6) is 0 Å². The third kappa shape index (κ3) is 4.26. The number of nitrogens with zero attached hydrogens (tertiary/aromatic N) is 3. The molecule has 1 amide bonds. The summed E-state index contributed by atoms with van der Waals surface area (Å²) in [5.41, 5.74) is 5.43. The minimum Gasteiger partial charge on any atom is -0.340 e. The largest absolute Gasteiger partial charge is 0.340 e. The van der Waals surface area contributed by atoms with Gasteiger partial charge in [-0.3, -0.25) is 9.69 Å². The van der Waals surface area contributed by atoms with Gasteiger partial charge in [0.2, 0.25) is 5.91 Å². The molecule has 0 unspecified atom stereocenters. The first-order valence-corrected chi connectivity index (χ1v) is 7.62. The normalized spacial score (nSPS) is 16.8. The number of nitrogens with two attached hydrogens (primary N) is 1. The molecule has 0 saturated carbocycles. The van der Waals surface area contributed by atoms with E-state index in [4.69, 9.17) is 5.73 Å². The summed E-state index contributed by atoms with van der Waals surface area (Å²) in [7, 11) is 0. The minimum atomic E-state index is 0.249. The zero-order valence-electron chi connectivity index (χ0n) is 11.5. The zero-order chi connectivity index (χ0) is 13.7. The maximum absolute atomic E-state index is 11.9. The fourth-order valence-corrected chi connectivity index (χ4v) is 3.10. The molecule has 1 aromatic heterocycles. The van der Waals surface area contributed by atoms with Gasteiger partial charge in [0, 0.05) is 50.2 Å². The molecular formula is C13H22N4OS. The second kappa shape index (κ2) is 6.98. The van der Waals surface area contributed by atoms with Crippen LogP contribution in [0.3, 0.4) is 0 Å². The maximum atomic E-state index is 11.9. The Bertz CT molecular complexity index is 413. The highest BCUT2D eigenvalue weighted by atomic mass is 32.1. The quantitative estimate of drug-likeness (QED) is 0.869. The van der Waals surface area contributed by atoms with Gasteiger partial charge in [0.15, 0.2) is 0 Å². The van der Waals surface area contributed by atoms with Crippen molar-refractivity contribution in [2.75, 3.05) is 32.7 Å². The summed E-state index contributed by atoms with van der Waals surface area (Å²) >= 11 is 1.75. The summed E-state index contributed by atoms with van der Waals surface area (Å²) in [6, 6.07) is 0. The van der Waals surface area contributed by atoms with E-state index in [2.05, 4.69) is 9.88 Å². The van der Waals surface area contributed by atoms with E-state index in [1.807, 2.05) is 18.0 Å². The van der Waals surface area contributed by atoms with Crippen LogP contribution in [0.15, 0.2) is 6.20 Å². The molecule has 0 aromatic carbocycles. The third-order valence-electron chi connectivity index (χ3n) is 3.37. The molecule has 106 valence electrons. The van der Waals surface area contributed by atoms with Gasteiger partial charge in [-0.1, -0.05) is 0 Å². The first kappa shape index (κ1) is 14.4. The molecular weight excluding hydrogens is 260 g/mol. The van der Waals surface area contributed by atoms with Crippen molar-refractivity contribution in [3.8, 4) is 0 Å². The van der Waals surface area contributed by atoms with E-state index in [0.29, 0.717) is 13.0 Å². The molecule has 2 N–H and O–H groups in total. The molecule has 1 aliphatic heterocycles. The monoisotopic (exact) mass is 282 g/mol. The summed E-state index contributed by atoms with van der Waals surface area (Å²) in [4.78, 5) is 21.8. The summed E-state index contributed by atoms with van der Waals surface area (Å²) < 4.78 is 0. The molecule has 1 aromatic rings. The average molecular weight is 282 g/mol. The molecule has 2 heterocycles. The number of rotatable bonds is 5. The van der Waals surface area contributed by atoms with Gasteiger partial charge in [0.1, 0.15) is 0 Å². The molecule has 19 heavy (non-hydrogen) atoms. The lowest BCUT2D eigenvalue weighted by Gasteiger charge is -2.34. The van der Waals surface area contributed by atoms with Gasteiger partial charge >= 0.3 is 0 Å². The van der Waals surface area contributed by atoms with Crippen molar-refractivity contribution < 1.29 is 4.79 Å². The van der Waals surface area contributed by atoms with Crippen molar-refractivity contribution in [2.45, 2.75) is 26.3 Å². The standard InChI is InChI=1S/C13H22N4OS/c1-11-15-9-12(19-11)10-16-5-7-17(8-6-16)13(18)3-2-4-14/h9H,2-8,10,14H2,1H3. The van der Waals surface area contributed by atoms with Crippen LogP contribution >= 0.6 is 11.3 Å². The van der Waals surface area contributed by atoms with Gasteiger partial charge in [-0.15, -0.1) is 11.3 Å².